The van der Waals surface area contributed by atoms with Crippen LogP contribution in [0.2, 0.25) is 0 Å². The van der Waals surface area contributed by atoms with E-state index in [-0.39, 0.29) is 11.8 Å². The summed E-state index contributed by atoms with van der Waals surface area (Å²) in [6.07, 6.45) is 5.67. The topological polar surface area (TPSA) is 51.4 Å². The molecule has 0 saturated carbocycles. The number of rotatable bonds is 8. The van der Waals surface area contributed by atoms with Gasteiger partial charge in [-0.1, -0.05) is 31.2 Å². The first kappa shape index (κ1) is 24.0. The van der Waals surface area contributed by atoms with Gasteiger partial charge in [0.1, 0.15) is 0 Å². The van der Waals surface area contributed by atoms with Crippen molar-refractivity contribution < 1.29 is 4.79 Å². The Hall–Kier alpha value is -2.11. The second-order valence-corrected chi connectivity index (χ2v) is 10.4. The van der Waals surface area contributed by atoms with Gasteiger partial charge in [-0.3, -0.25) is 9.69 Å². The zero-order valence-electron chi connectivity index (χ0n) is 20.8. The first-order valence-electron chi connectivity index (χ1n) is 13.0. The number of hydrogen-bond acceptors (Lipinski definition) is 3. The number of aryl methyl sites for hydroxylation is 2. The number of aromatic nitrogens is 1. The van der Waals surface area contributed by atoms with Crippen molar-refractivity contribution in [1.29, 1.82) is 0 Å². The average molecular weight is 451 g/mol. The molecule has 4 rings (SSSR count). The molecule has 3 heterocycles. The molecule has 0 bridgehead atoms. The number of nitrogens with zero attached hydrogens (tertiary/aromatic N) is 2. The van der Waals surface area contributed by atoms with Crippen molar-refractivity contribution >= 4 is 5.91 Å². The second kappa shape index (κ2) is 11.3. The number of amides is 1. The number of H-pyrrole nitrogens is 1. The van der Waals surface area contributed by atoms with Gasteiger partial charge in [0.2, 0.25) is 5.91 Å². The zero-order valence-corrected chi connectivity index (χ0v) is 20.8. The van der Waals surface area contributed by atoms with E-state index in [1.54, 1.807) is 0 Å². The molecule has 1 aromatic carbocycles. The van der Waals surface area contributed by atoms with Gasteiger partial charge in [0.15, 0.2) is 0 Å². The van der Waals surface area contributed by atoms with Crippen LogP contribution in [0, 0.1) is 25.7 Å². The lowest BCUT2D eigenvalue weighted by Crippen LogP contribution is -2.41. The molecule has 1 aromatic heterocycles. The van der Waals surface area contributed by atoms with Crippen molar-refractivity contribution in [3.63, 3.8) is 0 Å². The fraction of sp³-hybridized carbons (Fsp3) is 0.607. The maximum Gasteiger partial charge on any atom is 0.223 e. The molecular weight excluding hydrogens is 408 g/mol. The predicted molar refractivity (Wildman–Crippen MR) is 136 cm³/mol. The van der Waals surface area contributed by atoms with Crippen LogP contribution in [0.4, 0.5) is 0 Å². The fourth-order valence-corrected chi connectivity index (χ4v) is 5.53. The fourth-order valence-electron chi connectivity index (χ4n) is 5.53. The first-order valence-corrected chi connectivity index (χ1v) is 13.0. The highest BCUT2D eigenvalue weighted by molar-refractivity contribution is 5.78. The maximum atomic E-state index is 12.7. The Morgan fingerprint density at radius 3 is 2.64 bits per heavy atom. The minimum atomic E-state index is 0.172. The van der Waals surface area contributed by atoms with E-state index in [1.807, 2.05) is 0 Å². The largest absolute Gasteiger partial charge is 0.358 e. The van der Waals surface area contributed by atoms with Gasteiger partial charge in [0, 0.05) is 42.5 Å². The molecule has 1 amide bonds. The number of aromatic amines is 1. The van der Waals surface area contributed by atoms with Crippen molar-refractivity contribution in [1.82, 2.24) is 20.1 Å². The van der Waals surface area contributed by atoms with E-state index in [1.165, 1.54) is 54.0 Å². The summed E-state index contributed by atoms with van der Waals surface area (Å²) in [5, 5.41) is 3.21. The van der Waals surface area contributed by atoms with Gasteiger partial charge in [-0.15, -0.1) is 0 Å². The van der Waals surface area contributed by atoms with Gasteiger partial charge in [0.25, 0.3) is 0 Å². The van der Waals surface area contributed by atoms with Crippen LogP contribution >= 0.6 is 0 Å². The number of hydrogen-bond donors (Lipinski definition) is 2. The van der Waals surface area contributed by atoms with E-state index < -0.39 is 0 Å². The molecule has 0 aliphatic carbocycles. The lowest BCUT2D eigenvalue weighted by atomic mass is 9.95. The van der Waals surface area contributed by atoms with E-state index in [4.69, 9.17) is 0 Å². The molecular formula is C28H42N4O. The Morgan fingerprint density at radius 2 is 1.88 bits per heavy atom. The molecule has 2 N–H and O–H groups in total. The Labute approximate surface area is 199 Å². The van der Waals surface area contributed by atoms with Crippen LogP contribution in [0.25, 0.3) is 11.3 Å². The van der Waals surface area contributed by atoms with Crippen LogP contribution in [0.3, 0.4) is 0 Å². The number of piperidine rings is 2. The van der Waals surface area contributed by atoms with Gasteiger partial charge in [-0.2, -0.15) is 0 Å². The Morgan fingerprint density at radius 1 is 1.09 bits per heavy atom. The molecule has 2 fully saturated rings. The van der Waals surface area contributed by atoms with Crippen LogP contribution in [-0.4, -0.2) is 60.0 Å². The molecule has 2 saturated heterocycles. The first-order chi connectivity index (χ1) is 16.0. The van der Waals surface area contributed by atoms with Crippen LogP contribution in [0.1, 0.15) is 55.8 Å². The zero-order chi connectivity index (χ0) is 23.2. The van der Waals surface area contributed by atoms with Gasteiger partial charge in [-0.25, -0.2) is 0 Å². The quantitative estimate of drug-likeness (QED) is 0.571. The van der Waals surface area contributed by atoms with Crippen molar-refractivity contribution in [3.05, 3.63) is 47.2 Å². The molecule has 2 aliphatic rings. The van der Waals surface area contributed by atoms with Gasteiger partial charge in [-0.05, 0) is 95.2 Å². The summed E-state index contributed by atoms with van der Waals surface area (Å²) in [6, 6.07) is 10.8. The summed E-state index contributed by atoms with van der Waals surface area (Å²) < 4.78 is 0. The summed E-state index contributed by atoms with van der Waals surface area (Å²) >= 11 is 0. The summed E-state index contributed by atoms with van der Waals surface area (Å²) in [6.45, 7) is 14.0. The molecule has 33 heavy (non-hydrogen) atoms. The minimum Gasteiger partial charge on any atom is -0.358 e. The molecule has 2 aliphatic heterocycles. The summed E-state index contributed by atoms with van der Waals surface area (Å²) in [5.74, 6) is 1.26. The number of nitrogens with one attached hydrogen (secondary N) is 2. The van der Waals surface area contributed by atoms with Crippen molar-refractivity contribution in [2.45, 2.75) is 59.4 Å². The molecule has 2 aromatic rings. The van der Waals surface area contributed by atoms with E-state index >= 15 is 0 Å². The van der Waals surface area contributed by atoms with Gasteiger partial charge in [0.05, 0.1) is 0 Å². The Kier molecular flexibility index (Phi) is 8.26. The summed E-state index contributed by atoms with van der Waals surface area (Å²) in [5.41, 5.74) is 6.38. The average Bonchev–Trinajstić information content (AvgIpc) is 3.17. The third-order valence-electron chi connectivity index (χ3n) is 7.60. The normalized spacial score (nSPS) is 20.8. The highest BCUT2D eigenvalue weighted by Crippen LogP contribution is 2.27. The third-order valence-corrected chi connectivity index (χ3v) is 7.60. The summed E-state index contributed by atoms with van der Waals surface area (Å²) in [7, 11) is 0. The lowest BCUT2D eigenvalue weighted by molar-refractivity contribution is -0.126. The van der Waals surface area contributed by atoms with Crippen LogP contribution in [0.5, 0.6) is 0 Å². The highest BCUT2D eigenvalue weighted by Gasteiger charge is 2.25. The van der Waals surface area contributed by atoms with E-state index in [0.717, 1.165) is 57.9 Å². The number of carbonyl (C=O) groups is 1. The van der Waals surface area contributed by atoms with Crippen molar-refractivity contribution in [2.24, 2.45) is 11.8 Å². The lowest BCUT2D eigenvalue weighted by Gasteiger charge is -2.32. The Balaban J connectivity index is 1.18. The standard InChI is InChI=1S/C28H42N4O/c1-21-8-6-14-31(19-21)15-7-13-29-28(33)24-11-16-32(17-12-24)20-25-18-27(30-23(25)3)26-10-5-4-9-22(26)2/h4-5,9-10,18,21,24,30H,6-8,11-17,19-20H2,1-3H3,(H,29,33). The van der Waals surface area contributed by atoms with Gasteiger partial charge >= 0.3 is 0 Å². The molecule has 180 valence electrons. The van der Waals surface area contributed by atoms with Crippen LogP contribution in [-0.2, 0) is 11.3 Å². The maximum absolute atomic E-state index is 12.7. The molecule has 5 heteroatoms. The predicted octanol–water partition coefficient (Wildman–Crippen LogP) is 4.75. The Bertz CT molecular complexity index is 912. The van der Waals surface area contributed by atoms with E-state index in [2.05, 4.69) is 71.2 Å². The third kappa shape index (κ3) is 6.48. The van der Waals surface area contributed by atoms with Crippen molar-refractivity contribution in [3.8, 4) is 11.3 Å². The minimum absolute atomic E-state index is 0.172. The number of carbonyl (C=O) groups excluding carboxylic acids is 1. The summed E-state index contributed by atoms with van der Waals surface area (Å²) in [4.78, 5) is 21.3. The molecule has 5 nitrogen and oxygen atoms in total. The van der Waals surface area contributed by atoms with E-state index in [9.17, 15) is 4.79 Å². The van der Waals surface area contributed by atoms with Gasteiger partial charge < -0.3 is 15.2 Å². The molecule has 0 radical (unpaired) electrons. The van der Waals surface area contributed by atoms with Crippen LogP contribution in [0.15, 0.2) is 30.3 Å². The monoisotopic (exact) mass is 450 g/mol. The SMILES string of the molecule is Cc1ccccc1-c1cc(CN2CCC(C(=O)NCCCN3CCCC(C)C3)CC2)c(C)[nH]1. The van der Waals surface area contributed by atoms with Crippen LogP contribution < -0.4 is 5.32 Å². The smallest absolute Gasteiger partial charge is 0.223 e. The molecule has 1 unspecified atom stereocenters. The molecule has 0 spiro atoms. The van der Waals surface area contributed by atoms with Crippen molar-refractivity contribution in [2.75, 3.05) is 39.3 Å². The molecule has 1 atom stereocenters. The number of benzene rings is 1. The van der Waals surface area contributed by atoms with E-state index in [0.29, 0.717) is 0 Å². The number of likely N-dealkylation sites (tertiary alicyclic amines) is 2. The second-order valence-electron chi connectivity index (χ2n) is 10.4. The highest BCUT2D eigenvalue weighted by atomic mass is 16.1.